The summed E-state index contributed by atoms with van der Waals surface area (Å²) >= 11 is 0. The summed E-state index contributed by atoms with van der Waals surface area (Å²) in [6.45, 7) is 17.9. The molecule has 0 aromatic heterocycles. The van der Waals surface area contributed by atoms with Gasteiger partial charge < -0.3 is 0 Å². The minimum absolute atomic E-state index is 0.383. The van der Waals surface area contributed by atoms with E-state index in [-0.39, 0.29) is 0 Å². The third kappa shape index (κ3) is 3.05. The first-order valence-corrected chi connectivity index (χ1v) is 8.80. The third-order valence-corrected chi connectivity index (χ3v) is 5.66. The number of rotatable bonds is 3. The minimum Gasteiger partial charge on any atom is -0.0998 e. The van der Waals surface area contributed by atoms with Gasteiger partial charge in [0.05, 0.1) is 0 Å². The molecule has 1 saturated carbocycles. The zero-order chi connectivity index (χ0) is 15.4. The van der Waals surface area contributed by atoms with Crippen LogP contribution in [0.5, 0.6) is 0 Å². The predicted octanol–water partition coefficient (Wildman–Crippen LogP) is 6.92. The van der Waals surface area contributed by atoms with Crippen molar-refractivity contribution in [2.75, 3.05) is 0 Å². The summed E-state index contributed by atoms with van der Waals surface area (Å²) in [6.07, 6.45) is 12.0. The van der Waals surface area contributed by atoms with Gasteiger partial charge in [0.15, 0.2) is 0 Å². The third-order valence-electron chi connectivity index (χ3n) is 5.66. The largest absolute Gasteiger partial charge is 0.0998 e. The molecular weight excluding hydrogens is 240 g/mol. The van der Waals surface area contributed by atoms with Crippen LogP contribution in [-0.2, 0) is 0 Å². The normalized spacial score (nSPS) is 36.3. The molecule has 1 fully saturated rings. The summed E-state index contributed by atoms with van der Waals surface area (Å²) in [4.78, 5) is 0. The second-order valence-electron chi connectivity index (χ2n) is 7.18. The molecule has 1 unspecified atom stereocenters. The molecular formula is C20H36. The van der Waals surface area contributed by atoms with Crippen molar-refractivity contribution < 1.29 is 0 Å². The average molecular weight is 277 g/mol. The van der Waals surface area contributed by atoms with E-state index in [1.165, 1.54) is 50.5 Å². The molecule has 2 aliphatic rings. The molecule has 0 spiro atoms. The van der Waals surface area contributed by atoms with Gasteiger partial charge in [-0.2, -0.15) is 0 Å². The first-order valence-electron chi connectivity index (χ1n) is 8.80. The molecule has 0 saturated heterocycles. The Labute approximate surface area is 127 Å². The zero-order valence-electron chi connectivity index (χ0n) is 14.8. The highest BCUT2D eigenvalue weighted by atomic mass is 14.5. The minimum atomic E-state index is 0.383. The lowest BCUT2D eigenvalue weighted by Crippen LogP contribution is -2.43. The summed E-state index contributed by atoms with van der Waals surface area (Å²) in [5.41, 5.74) is 4.06. The van der Waals surface area contributed by atoms with Crippen LogP contribution in [0.25, 0.3) is 0 Å². The molecule has 3 atom stereocenters. The Bertz CT molecular complexity index is 362. The van der Waals surface area contributed by atoms with Gasteiger partial charge >= 0.3 is 0 Å². The summed E-state index contributed by atoms with van der Waals surface area (Å²) in [7, 11) is 0. The summed E-state index contributed by atoms with van der Waals surface area (Å²) in [5, 5.41) is 0. The van der Waals surface area contributed by atoms with Crippen LogP contribution in [0.2, 0.25) is 0 Å². The Morgan fingerprint density at radius 1 is 1.30 bits per heavy atom. The zero-order valence-corrected chi connectivity index (χ0v) is 14.8. The Balaban J connectivity index is 0.000000956. The van der Waals surface area contributed by atoms with Crippen LogP contribution in [0.15, 0.2) is 23.8 Å². The maximum absolute atomic E-state index is 4.29. The van der Waals surface area contributed by atoms with Crippen molar-refractivity contribution in [3.05, 3.63) is 23.8 Å². The highest BCUT2D eigenvalue weighted by Crippen LogP contribution is 2.60. The van der Waals surface area contributed by atoms with Crippen LogP contribution in [0, 0.1) is 16.7 Å². The van der Waals surface area contributed by atoms with Crippen molar-refractivity contribution in [2.24, 2.45) is 16.7 Å². The Kier molecular flexibility index (Phi) is 6.10. The first-order chi connectivity index (χ1) is 9.44. The lowest BCUT2D eigenvalue weighted by molar-refractivity contribution is 0.103. The summed E-state index contributed by atoms with van der Waals surface area (Å²) in [5.74, 6) is 0.704. The van der Waals surface area contributed by atoms with Crippen LogP contribution in [0.4, 0.5) is 0 Å². The van der Waals surface area contributed by atoms with Gasteiger partial charge in [-0.05, 0) is 62.2 Å². The van der Waals surface area contributed by atoms with Crippen LogP contribution < -0.4 is 0 Å². The van der Waals surface area contributed by atoms with Crippen LogP contribution in [0.3, 0.4) is 0 Å². The molecule has 0 aliphatic heterocycles. The highest BCUT2D eigenvalue weighted by Gasteiger charge is 2.49. The van der Waals surface area contributed by atoms with Gasteiger partial charge in [0, 0.05) is 0 Å². The van der Waals surface area contributed by atoms with Crippen molar-refractivity contribution in [3.63, 3.8) is 0 Å². The Morgan fingerprint density at radius 2 is 1.95 bits per heavy atom. The standard InChI is InChI=1S/C18H30.C2H6/c1-6-11-18(5)15(14(2)3)10-13-17(4)12-8-7-9-16(17)18;1-2/h9,15H,2,6-8,10-13H2,1,3-5H3;1-2H3/t15?,17-,18+;/m1./s1. The second kappa shape index (κ2) is 6.96. The molecule has 2 rings (SSSR count). The Hall–Kier alpha value is -0.520. The predicted molar refractivity (Wildman–Crippen MR) is 91.9 cm³/mol. The fraction of sp³-hybridized carbons (Fsp3) is 0.800. The molecule has 0 aromatic rings. The number of hydrogen-bond acceptors (Lipinski definition) is 0. The fourth-order valence-electron chi connectivity index (χ4n) is 4.89. The molecule has 0 amide bonds. The summed E-state index contributed by atoms with van der Waals surface area (Å²) in [6, 6.07) is 0. The van der Waals surface area contributed by atoms with E-state index >= 15 is 0 Å². The van der Waals surface area contributed by atoms with E-state index in [2.05, 4.69) is 40.3 Å². The van der Waals surface area contributed by atoms with E-state index in [0.29, 0.717) is 16.7 Å². The van der Waals surface area contributed by atoms with Gasteiger partial charge in [-0.1, -0.05) is 64.8 Å². The molecule has 0 aromatic carbocycles. The van der Waals surface area contributed by atoms with Gasteiger partial charge in [-0.15, -0.1) is 0 Å². The van der Waals surface area contributed by atoms with E-state index in [9.17, 15) is 0 Å². The van der Waals surface area contributed by atoms with Crippen molar-refractivity contribution in [1.29, 1.82) is 0 Å². The molecule has 2 aliphatic carbocycles. The average Bonchev–Trinajstić information content (AvgIpc) is 2.40. The van der Waals surface area contributed by atoms with Gasteiger partial charge in [-0.3, -0.25) is 0 Å². The molecule has 116 valence electrons. The number of allylic oxidation sites excluding steroid dienone is 3. The van der Waals surface area contributed by atoms with E-state index in [1.54, 1.807) is 5.57 Å². The van der Waals surface area contributed by atoms with E-state index < -0.39 is 0 Å². The maximum atomic E-state index is 4.29. The van der Waals surface area contributed by atoms with Crippen molar-refractivity contribution in [2.45, 2.75) is 86.5 Å². The number of hydrogen-bond donors (Lipinski definition) is 0. The van der Waals surface area contributed by atoms with Gasteiger partial charge in [0.1, 0.15) is 0 Å². The van der Waals surface area contributed by atoms with E-state index in [1.807, 2.05) is 13.8 Å². The van der Waals surface area contributed by atoms with Crippen molar-refractivity contribution in [1.82, 2.24) is 0 Å². The lowest BCUT2D eigenvalue weighted by Gasteiger charge is -2.54. The quantitative estimate of drug-likeness (QED) is 0.491. The number of fused-ring (bicyclic) bond motifs is 1. The van der Waals surface area contributed by atoms with Gasteiger partial charge in [-0.25, -0.2) is 0 Å². The molecule has 0 radical (unpaired) electrons. The Morgan fingerprint density at radius 3 is 2.50 bits per heavy atom. The first kappa shape index (κ1) is 17.5. The molecule has 0 N–H and O–H groups in total. The molecule has 0 heterocycles. The van der Waals surface area contributed by atoms with Crippen molar-refractivity contribution >= 4 is 0 Å². The van der Waals surface area contributed by atoms with Crippen LogP contribution >= 0.6 is 0 Å². The molecule has 0 nitrogen and oxygen atoms in total. The SMILES string of the molecule is C=C(C)C1CC[C@@]2(C)CCCC=C2[C@@]1(C)CCC.CC. The van der Waals surface area contributed by atoms with E-state index in [0.717, 1.165) is 0 Å². The van der Waals surface area contributed by atoms with Crippen molar-refractivity contribution in [3.8, 4) is 0 Å². The highest BCUT2D eigenvalue weighted by molar-refractivity contribution is 5.31. The molecule has 20 heavy (non-hydrogen) atoms. The smallest absolute Gasteiger partial charge is 0.00459 e. The fourth-order valence-corrected chi connectivity index (χ4v) is 4.89. The van der Waals surface area contributed by atoms with Crippen LogP contribution in [-0.4, -0.2) is 0 Å². The van der Waals surface area contributed by atoms with Gasteiger partial charge in [0.25, 0.3) is 0 Å². The maximum Gasteiger partial charge on any atom is -0.00459 e. The second-order valence-corrected chi connectivity index (χ2v) is 7.18. The van der Waals surface area contributed by atoms with Gasteiger partial charge in [0.2, 0.25) is 0 Å². The summed E-state index contributed by atoms with van der Waals surface area (Å²) < 4.78 is 0. The van der Waals surface area contributed by atoms with E-state index in [4.69, 9.17) is 0 Å². The van der Waals surface area contributed by atoms with Crippen LogP contribution in [0.1, 0.15) is 86.5 Å². The lowest BCUT2D eigenvalue weighted by atomic mass is 9.50. The topological polar surface area (TPSA) is 0 Å². The molecule has 0 bridgehead atoms. The molecule has 0 heteroatoms. The monoisotopic (exact) mass is 276 g/mol.